The predicted octanol–water partition coefficient (Wildman–Crippen LogP) is 3.73. The van der Waals surface area contributed by atoms with E-state index in [0.717, 1.165) is 5.82 Å². The molecular weight excluding hydrogens is 222 g/mol. The molecule has 0 aliphatic heterocycles. The number of hydrogen-bond acceptors (Lipinski definition) is 2. The van der Waals surface area contributed by atoms with Crippen molar-refractivity contribution in [3.8, 4) is 0 Å². The van der Waals surface area contributed by atoms with Crippen molar-refractivity contribution in [1.29, 1.82) is 0 Å². The number of rotatable bonds is 1. The Labute approximate surface area is 102 Å². The highest BCUT2D eigenvalue weighted by Gasteiger charge is 2.28. The van der Waals surface area contributed by atoms with Crippen molar-refractivity contribution in [3.05, 3.63) is 11.1 Å². The van der Waals surface area contributed by atoms with E-state index in [-0.39, 0.29) is 5.41 Å². The molecule has 1 heterocycles. The lowest BCUT2D eigenvalue weighted by Gasteiger charge is -2.28. The maximum absolute atomic E-state index is 6.17. The molecule has 90 valence electrons. The van der Waals surface area contributed by atoms with Crippen LogP contribution in [0.25, 0.3) is 0 Å². The Kier molecular flexibility index (Phi) is 3.24. The van der Waals surface area contributed by atoms with Crippen LogP contribution in [0.2, 0.25) is 5.28 Å². The van der Waals surface area contributed by atoms with Gasteiger partial charge in [-0.2, -0.15) is 0 Å². The fourth-order valence-corrected chi connectivity index (χ4v) is 2.70. The molecule has 0 aromatic carbocycles. The van der Waals surface area contributed by atoms with Crippen molar-refractivity contribution < 1.29 is 0 Å². The van der Waals surface area contributed by atoms with Gasteiger partial charge in [-0.15, -0.1) is 10.2 Å². The van der Waals surface area contributed by atoms with Gasteiger partial charge in [0.25, 0.3) is 0 Å². The highest BCUT2D eigenvalue weighted by atomic mass is 35.5. The number of hydrogen-bond donors (Lipinski definition) is 0. The first kappa shape index (κ1) is 11.9. The van der Waals surface area contributed by atoms with Crippen LogP contribution in [0, 0.1) is 0 Å². The van der Waals surface area contributed by atoms with E-state index in [2.05, 4.69) is 35.5 Å². The third-order valence-corrected chi connectivity index (χ3v) is 3.52. The smallest absolute Gasteiger partial charge is 0.225 e. The van der Waals surface area contributed by atoms with Crippen LogP contribution in [0.1, 0.15) is 64.7 Å². The van der Waals surface area contributed by atoms with E-state index in [4.69, 9.17) is 11.6 Å². The highest BCUT2D eigenvalue weighted by molar-refractivity contribution is 6.28. The third-order valence-electron chi connectivity index (χ3n) is 3.26. The summed E-state index contributed by atoms with van der Waals surface area (Å²) in [7, 11) is 0. The topological polar surface area (TPSA) is 30.7 Å². The molecule has 1 aliphatic carbocycles. The summed E-state index contributed by atoms with van der Waals surface area (Å²) in [6, 6.07) is 0.505. The molecule has 16 heavy (non-hydrogen) atoms. The molecular formula is C12H20ClN3. The first-order chi connectivity index (χ1) is 7.50. The van der Waals surface area contributed by atoms with Crippen LogP contribution in [0.3, 0.4) is 0 Å². The van der Waals surface area contributed by atoms with Gasteiger partial charge in [-0.25, -0.2) is 0 Å². The van der Waals surface area contributed by atoms with Crippen LogP contribution in [0.5, 0.6) is 0 Å². The predicted molar refractivity (Wildman–Crippen MR) is 65.9 cm³/mol. The molecule has 0 atom stereocenters. The van der Waals surface area contributed by atoms with Crippen molar-refractivity contribution in [2.75, 3.05) is 0 Å². The van der Waals surface area contributed by atoms with Crippen LogP contribution in [0.15, 0.2) is 0 Å². The average molecular weight is 242 g/mol. The largest absolute Gasteiger partial charge is 0.298 e. The summed E-state index contributed by atoms with van der Waals surface area (Å²) < 4.78 is 2.15. The molecule has 1 aliphatic rings. The van der Waals surface area contributed by atoms with Gasteiger partial charge in [-0.05, 0) is 24.4 Å². The summed E-state index contributed by atoms with van der Waals surface area (Å²) in [6.07, 6.45) is 6.36. The van der Waals surface area contributed by atoms with Gasteiger partial charge < -0.3 is 0 Å². The maximum Gasteiger partial charge on any atom is 0.225 e. The molecule has 0 saturated heterocycles. The van der Waals surface area contributed by atoms with Crippen molar-refractivity contribution in [2.24, 2.45) is 0 Å². The number of nitrogens with zero attached hydrogens (tertiary/aromatic N) is 3. The SMILES string of the molecule is CC(C)(C)c1nnc(Cl)n1C1CCCCC1. The normalized spacial score (nSPS) is 19.0. The third kappa shape index (κ3) is 2.24. The summed E-state index contributed by atoms with van der Waals surface area (Å²) in [5.74, 6) is 1.02. The van der Waals surface area contributed by atoms with Crippen LogP contribution < -0.4 is 0 Å². The van der Waals surface area contributed by atoms with Crippen molar-refractivity contribution in [1.82, 2.24) is 14.8 Å². The van der Waals surface area contributed by atoms with Crippen molar-refractivity contribution >= 4 is 11.6 Å². The van der Waals surface area contributed by atoms with Gasteiger partial charge in [0.1, 0.15) is 5.82 Å². The lowest BCUT2D eigenvalue weighted by Crippen LogP contribution is -2.23. The number of aromatic nitrogens is 3. The van der Waals surface area contributed by atoms with Gasteiger partial charge in [0.05, 0.1) is 0 Å². The van der Waals surface area contributed by atoms with Gasteiger partial charge in [0, 0.05) is 11.5 Å². The van der Waals surface area contributed by atoms with Crippen LogP contribution in [0.4, 0.5) is 0 Å². The highest BCUT2D eigenvalue weighted by Crippen LogP contribution is 2.34. The van der Waals surface area contributed by atoms with Gasteiger partial charge in [-0.1, -0.05) is 40.0 Å². The summed E-state index contributed by atoms with van der Waals surface area (Å²) >= 11 is 6.17. The molecule has 2 rings (SSSR count). The monoisotopic (exact) mass is 241 g/mol. The second-order valence-electron chi connectivity index (χ2n) is 5.70. The molecule has 0 N–H and O–H groups in total. The maximum atomic E-state index is 6.17. The molecule has 3 nitrogen and oxygen atoms in total. The zero-order valence-corrected chi connectivity index (χ0v) is 11.1. The molecule has 0 unspecified atom stereocenters. The quantitative estimate of drug-likeness (QED) is 0.750. The molecule has 0 bridgehead atoms. The molecule has 0 spiro atoms. The van der Waals surface area contributed by atoms with Crippen LogP contribution >= 0.6 is 11.6 Å². The van der Waals surface area contributed by atoms with E-state index in [1.165, 1.54) is 32.1 Å². The Morgan fingerprint density at radius 3 is 2.31 bits per heavy atom. The Morgan fingerprint density at radius 2 is 1.75 bits per heavy atom. The lowest BCUT2D eigenvalue weighted by molar-refractivity contribution is 0.331. The molecule has 1 aromatic rings. The minimum atomic E-state index is 0.0115. The lowest BCUT2D eigenvalue weighted by atomic mass is 9.92. The Hall–Kier alpha value is -0.570. The van der Waals surface area contributed by atoms with Crippen LogP contribution in [-0.2, 0) is 5.41 Å². The Balaban J connectivity index is 2.34. The zero-order valence-electron chi connectivity index (χ0n) is 10.3. The number of halogens is 1. The van der Waals surface area contributed by atoms with E-state index in [9.17, 15) is 0 Å². The summed E-state index contributed by atoms with van der Waals surface area (Å²) in [4.78, 5) is 0. The second kappa shape index (κ2) is 4.36. The first-order valence-corrected chi connectivity index (χ1v) is 6.49. The van der Waals surface area contributed by atoms with Crippen LogP contribution in [-0.4, -0.2) is 14.8 Å². The minimum absolute atomic E-state index is 0.0115. The molecule has 1 fully saturated rings. The second-order valence-corrected chi connectivity index (χ2v) is 6.04. The Morgan fingerprint density at radius 1 is 1.12 bits per heavy atom. The molecule has 0 radical (unpaired) electrons. The van der Waals surface area contributed by atoms with E-state index in [1.807, 2.05) is 0 Å². The van der Waals surface area contributed by atoms with E-state index in [0.29, 0.717) is 11.3 Å². The fourth-order valence-electron chi connectivity index (χ4n) is 2.45. The summed E-state index contributed by atoms with van der Waals surface area (Å²) in [5.41, 5.74) is 0.0115. The summed E-state index contributed by atoms with van der Waals surface area (Å²) in [6.45, 7) is 6.48. The van der Waals surface area contributed by atoms with E-state index in [1.54, 1.807) is 0 Å². The fraction of sp³-hybridized carbons (Fsp3) is 0.833. The Bertz CT molecular complexity index is 359. The summed E-state index contributed by atoms with van der Waals surface area (Å²) in [5, 5.41) is 8.83. The molecule has 1 aromatic heterocycles. The minimum Gasteiger partial charge on any atom is -0.298 e. The van der Waals surface area contributed by atoms with E-state index < -0.39 is 0 Å². The van der Waals surface area contributed by atoms with Crippen molar-refractivity contribution in [3.63, 3.8) is 0 Å². The van der Waals surface area contributed by atoms with E-state index >= 15 is 0 Å². The van der Waals surface area contributed by atoms with Crippen molar-refractivity contribution in [2.45, 2.75) is 64.3 Å². The van der Waals surface area contributed by atoms with Gasteiger partial charge in [0.15, 0.2) is 0 Å². The van der Waals surface area contributed by atoms with Gasteiger partial charge >= 0.3 is 0 Å². The molecule has 4 heteroatoms. The molecule has 1 saturated carbocycles. The zero-order chi connectivity index (χ0) is 11.8. The average Bonchev–Trinajstić information content (AvgIpc) is 2.61. The van der Waals surface area contributed by atoms with Gasteiger partial charge in [0.2, 0.25) is 5.28 Å². The first-order valence-electron chi connectivity index (χ1n) is 6.11. The standard InChI is InChI=1S/C12H20ClN3/c1-12(2,3)10-14-15-11(13)16(10)9-7-5-4-6-8-9/h9H,4-8H2,1-3H3. The molecule has 0 amide bonds. The van der Waals surface area contributed by atoms with Gasteiger partial charge in [-0.3, -0.25) is 4.57 Å².